The van der Waals surface area contributed by atoms with Crippen molar-refractivity contribution in [3.8, 4) is 5.75 Å². The number of benzene rings is 1. The first kappa shape index (κ1) is 16.0. The summed E-state index contributed by atoms with van der Waals surface area (Å²) >= 11 is 1.33. The summed E-state index contributed by atoms with van der Waals surface area (Å²) in [5, 5.41) is 2.83. The van der Waals surface area contributed by atoms with Crippen LogP contribution < -0.4 is 10.1 Å². The summed E-state index contributed by atoms with van der Waals surface area (Å²) < 4.78 is 10.3. The van der Waals surface area contributed by atoms with Crippen molar-refractivity contribution in [3.63, 3.8) is 0 Å². The number of para-hydroxylation sites is 1. The Kier molecular flexibility index (Phi) is 4.77. The van der Waals surface area contributed by atoms with Gasteiger partial charge in [-0.1, -0.05) is 12.1 Å². The van der Waals surface area contributed by atoms with Crippen LogP contribution in [0.3, 0.4) is 0 Å². The molecule has 0 saturated heterocycles. The molecule has 24 heavy (non-hydrogen) atoms. The van der Waals surface area contributed by atoms with Crippen LogP contribution in [0.1, 0.15) is 30.7 Å². The van der Waals surface area contributed by atoms with Gasteiger partial charge in [0.05, 0.1) is 30.4 Å². The fourth-order valence-electron chi connectivity index (χ4n) is 2.22. The monoisotopic (exact) mass is 341 g/mol. The number of amides is 1. The standard InChI is InChI=1S/C18H15NO4S/c1-22-14-6-3-2-5-13(14)18(21)19-11-12-8-9-16(24-12)17(20)15-7-4-10-23-15/h2-10H,11H2,1H3,(H,19,21). The number of thiophene rings is 1. The van der Waals surface area contributed by atoms with E-state index in [2.05, 4.69) is 5.32 Å². The number of furan rings is 1. The van der Waals surface area contributed by atoms with E-state index in [1.54, 1.807) is 42.5 Å². The third kappa shape index (κ3) is 3.38. The Hall–Kier alpha value is -2.86. The van der Waals surface area contributed by atoms with Crippen molar-refractivity contribution in [2.45, 2.75) is 6.54 Å². The third-order valence-electron chi connectivity index (χ3n) is 3.41. The van der Waals surface area contributed by atoms with Crippen LogP contribution in [0, 0.1) is 0 Å². The second kappa shape index (κ2) is 7.14. The molecule has 0 unspecified atom stereocenters. The summed E-state index contributed by atoms with van der Waals surface area (Å²) in [6.07, 6.45) is 1.47. The summed E-state index contributed by atoms with van der Waals surface area (Å²) in [6.45, 7) is 0.340. The number of carbonyl (C=O) groups is 2. The SMILES string of the molecule is COc1ccccc1C(=O)NCc1ccc(C(=O)c2ccco2)s1. The number of rotatable bonds is 6. The number of nitrogens with one attached hydrogen (secondary N) is 1. The number of hydrogen-bond acceptors (Lipinski definition) is 5. The Morgan fingerprint density at radius 2 is 1.96 bits per heavy atom. The van der Waals surface area contributed by atoms with Crippen LogP contribution in [-0.4, -0.2) is 18.8 Å². The number of methoxy groups -OCH3 is 1. The molecular weight excluding hydrogens is 326 g/mol. The molecule has 3 aromatic rings. The quantitative estimate of drug-likeness (QED) is 0.697. The van der Waals surface area contributed by atoms with Crippen LogP contribution >= 0.6 is 11.3 Å². The molecule has 0 aliphatic rings. The molecule has 1 amide bonds. The van der Waals surface area contributed by atoms with Gasteiger partial charge >= 0.3 is 0 Å². The average molecular weight is 341 g/mol. The predicted molar refractivity (Wildman–Crippen MR) is 90.6 cm³/mol. The van der Waals surface area contributed by atoms with E-state index in [-0.39, 0.29) is 11.7 Å². The summed E-state index contributed by atoms with van der Waals surface area (Å²) in [5.41, 5.74) is 0.475. The van der Waals surface area contributed by atoms with Gasteiger partial charge in [-0.15, -0.1) is 11.3 Å². The fraction of sp³-hybridized carbons (Fsp3) is 0.111. The van der Waals surface area contributed by atoms with Gasteiger partial charge in [-0.05, 0) is 36.4 Å². The van der Waals surface area contributed by atoms with Gasteiger partial charge in [0.25, 0.3) is 5.91 Å². The van der Waals surface area contributed by atoms with E-state index in [1.165, 1.54) is 24.7 Å². The maximum Gasteiger partial charge on any atom is 0.255 e. The highest BCUT2D eigenvalue weighted by Crippen LogP contribution is 2.21. The lowest BCUT2D eigenvalue weighted by Crippen LogP contribution is -2.22. The smallest absolute Gasteiger partial charge is 0.255 e. The van der Waals surface area contributed by atoms with Crippen molar-refractivity contribution in [1.29, 1.82) is 0 Å². The molecule has 0 atom stereocenters. The highest BCUT2D eigenvalue weighted by molar-refractivity contribution is 7.14. The lowest BCUT2D eigenvalue weighted by atomic mass is 10.2. The first-order chi connectivity index (χ1) is 11.7. The normalized spacial score (nSPS) is 10.4. The minimum atomic E-state index is -0.222. The molecule has 3 rings (SSSR count). The highest BCUT2D eigenvalue weighted by Gasteiger charge is 2.15. The number of ether oxygens (including phenoxy) is 1. The Bertz CT molecular complexity index is 852. The van der Waals surface area contributed by atoms with Gasteiger partial charge in [0, 0.05) is 4.88 Å². The molecule has 2 aromatic heterocycles. The molecule has 0 aliphatic heterocycles. The largest absolute Gasteiger partial charge is 0.496 e. The van der Waals surface area contributed by atoms with E-state index >= 15 is 0 Å². The molecule has 2 heterocycles. The molecule has 0 radical (unpaired) electrons. The second-order valence-corrected chi connectivity index (χ2v) is 6.12. The highest BCUT2D eigenvalue weighted by atomic mass is 32.1. The number of hydrogen-bond donors (Lipinski definition) is 1. The zero-order valence-electron chi connectivity index (χ0n) is 12.9. The van der Waals surface area contributed by atoms with Crippen LogP contribution in [0.25, 0.3) is 0 Å². The second-order valence-electron chi connectivity index (χ2n) is 4.96. The lowest BCUT2D eigenvalue weighted by molar-refractivity contribution is 0.0947. The molecule has 0 bridgehead atoms. The summed E-state index contributed by atoms with van der Waals surface area (Å²) in [4.78, 5) is 25.9. The molecule has 5 nitrogen and oxygen atoms in total. The van der Waals surface area contributed by atoms with Crippen LogP contribution in [0.5, 0.6) is 5.75 Å². The van der Waals surface area contributed by atoms with Crippen molar-refractivity contribution >= 4 is 23.0 Å². The van der Waals surface area contributed by atoms with Crippen molar-refractivity contribution in [2.75, 3.05) is 7.11 Å². The topological polar surface area (TPSA) is 68.5 Å². The molecular formula is C18H15NO4S. The van der Waals surface area contributed by atoms with Gasteiger partial charge in [-0.3, -0.25) is 9.59 Å². The van der Waals surface area contributed by atoms with Crippen molar-refractivity contribution in [2.24, 2.45) is 0 Å². The lowest BCUT2D eigenvalue weighted by Gasteiger charge is -2.08. The van der Waals surface area contributed by atoms with E-state index in [1.807, 2.05) is 6.07 Å². The van der Waals surface area contributed by atoms with Crippen molar-refractivity contribution in [1.82, 2.24) is 5.32 Å². The molecule has 1 N–H and O–H groups in total. The van der Waals surface area contributed by atoms with Crippen LogP contribution in [0.15, 0.2) is 59.2 Å². The van der Waals surface area contributed by atoms with Gasteiger partial charge in [-0.2, -0.15) is 0 Å². The zero-order valence-corrected chi connectivity index (χ0v) is 13.8. The van der Waals surface area contributed by atoms with Gasteiger partial charge in [0.15, 0.2) is 5.76 Å². The third-order valence-corrected chi connectivity index (χ3v) is 4.49. The molecule has 1 aromatic carbocycles. The molecule has 0 saturated carbocycles. The zero-order chi connectivity index (χ0) is 16.9. The maximum absolute atomic E-state index is 12.3. The average Bonchev–Trinajstić information content (AvgIpc) is 3.30. The van der Waals surface area contributed by atoms with Crippen molar-refractivity contribution in [3.05, 3.63) is 75.9 Å². The van der Waals surface area contributed by atoms with E-state index in [0.717, 1.165) is 4.88 Å². The van der Waals surface area contributed by atoms with Crippen LogP contribution in [0.4, 0.5) is 0 Å². The van der Waals surface area contributed by atoms with Gasteiger partial charge in [0.2, 0.25) is 5.78 Å². The Balaban J connectivity index is 1.65. The maximum atomic E-state index is 12.3. The molecule has 122 valence electrons. The van der Waals surface area contributed by atoms with E-state index in [4.69, 9.17) is 9.15 Å². The number of carbonyl (C=O) groups excluding carboxylic acids is 2. The van der Waals surface area contributed by atoms with Crippen LogP contribution in [0.2, 0.25) is 0 Å². The van der Waals surface area contributed by atoms with Gasteiger partial charge in [-0.25, -0.2) is 0 Å². The van der Waals surface area contributed by atoms with Crippen molar-refractivity contribution < 1.29 is 18.7 Å². The fourth-order valence-corrected chi connectivity index (χ4v) is 3.11. The minimum Gasteiger partial charge on any atom is -0.496 e. The Morgan fingerprint density at radius 3 is 2.71 bits per heavy atom. The molecule has 0 spiro atoms. The number of ketones is 1. The first-order valence-corrected chi connectivity index (χ1v) is 8.09. The Morgan fingerprint density at radius 1 is 1.12 bits per heavy atom. The van der Waals surface area contributed by atoms with Gasteiger partial charge < -0.3 is 14.5 Å². The molecule has 6 heteroatoms. The summed E-state index contributed by atoms with van der Waals surface area (Å²) in [5.74, 6) is 0.448. The van der Waals surface area contributed by atoms with E-state index < -0.39 is 0 Å². The van der Waals surface area contributed by atoms with E-state index in [9.17, 15) is 9.59 Å². The van der Waals surface area contributed by atoms with Crippen LogP contribution in [-0.2, 0) is 6.54 Å². The molecule has 0 aliphatic carbocycles. The first-order valence-electron chi connectivity index (χ1n) is 7.27. The Labute approximate surface area is 142 Å². The predicted octanol–water partition coefficient (Wildman–Crippen LogP) is 3.51. The molecule has 0 fully saturated rings. The van der Waals surface area contributed by atoms with E-state index in [0.29, 0.717) is 28.5 Å². The van der Waals surface area contributed by atoms with Gasteiger partial charge in [0.1, 0.15) is 5.75 Å². The summed E-state index contributed by atoms with van der Waals surface area (Å²) in [7, 11) is 1.53. The minimum absolute atomic E-state index is 0.160. The summed E-state index contributed by atoms with van der Waals surface area (Å²) in [6, 6.07) is 13.9.